The lowest BCUT2D eigenvalue weighted by atomic mass is 10.1. The summed E-state index contributed by atoms with van der Waals surface area (Å²) in [6.45, 7) is 0.163. The Morgan fingerprint density at radius 1 is 1.18 bits per heavy atom. The lowest BCUT2D eigenvalue weighted by Crippen LogP contribution is -2.50. The summed E-state index contributed by atoms with van der Waals surface area (Å²) in [5.41, 5.74) is 5.99. The van der Waals surface area contributed by atoms with Crippen LogP contribution in [0, 0.1) is 0 Å². The molecule has 3 rings (SSSR count). The average Bonchev–Trinajstić information content (AvgIpc) is 2.80. The predicted molar refractivity (Wildman–Crippen MR) is 111 cm³/mol. The van der Waals surface area contributed by atoms with Crippen molar-refractivity contribution < 1.29 is 29.4 Å². The Morgan fingerprint density at radius 2 is 1.88 bits per heavy atom. The quantitative estimate of drug-likeness (QED) is 0.256. The molecule has 2 heterocycles. The van der Waals surface area contributed by atoms with Gasteiger partial charge in [-0.2, -0.15) is 4.98 Å². The largest absolute Gasteiger partial charge is 0.550 e. The van der Waals surface area contributed by atoms with Gasteiger partial charge >= 0.3 is 0 Å². The van der Waals surface area contributed by atoms with Crippen LogP contribution >= 0.6 is 0 Å². The second-order valence-corrected chi connectivity index (χ2v) is 6.98. The number of imide groups is 1. The smallest absolute Gasteiger partial charge is 0.280 e. The van der Waals surface area contributed by atoms with Crippen LogP contribution in [0.5, 0.6) is 0 Å². The molecule has 14 heteroatoms. The number of amides is 2. The van der Waals surface area contributed by atoms with Gasteiger partial charge in [0.2, 0.25) is 12.4 Å². The lowest BCUT2D eigenvalue weighted by Gasteiger charge is -2.27. The van der Waals surface area contributed by atoms with Crippen LogP contribution in [0.2, 0.25) is 0 Å². The number of carbonyl (C=O) groups is 4. The summed E-state index contributed by atoms with van der Waals surface area (Å²) >= 11 is 0. The molecule has 0 saturated heterocycles. The molecule has 14 nitrogen and oxygen atoms in total. The summed E-state index contributed by atoms with van der Waals surface area (Å²) in [6.07, 6.45) is 0.194. The molecule has 0 aliphatic rings. The van der Waals surface area contributed by atoms with E-state index < -0.39 is 42.3 Å². The highest BCUT2D eigenvalue weighted by atomic mass is 16.4. The Kier molecular flexibility index (Phi) is 7.10. The second kappa shape index (κ2) is 10.2. The van der Waals surface area contributed by atoms with E-state index in [1.165, 1.54) is 30.5 Å². The monoisotopic (exact) mass is 467 g/mol. The topological polar surface area (TPSA) is 227 Å². The van der Waals surface area contributed by atoms with E-state index in [0.29, 0.717) is 16.3 Å². The first-order chi connectivity index (χ1) is 16.2. The molecule has 2 amide bonds. The number of fused-ring (bicyclic) bond motifs is 1. The van der Waals surface area contributed by atoms with E-state index in [2.05, 4.69) is 25.3 Å². The Morgan fingerprint density at radius 3 is 2.50 bits per heavy atom. The molecule has 0 saturated carbocycles. The molecule has 1 aromatic carbocycles. The maximum atomic E-state index is 12.6. The van der Waals surface area contributed by atoms with Crippen LogP contribution < -0.4 is 26.8 Å². The third kappa shape index (κ3) is 5.48. The molecule has 34 heavy (non-hydrogen) atoms. The van der Waals surface area contributed by atoms with Gasteiger partial charge in [-0.15, -0.1) is 0 Å². The van der Waals surface area contributed by atoms with Crippen LogP contribution in [0.4, 0.5) is 11.6 Å². The van der Waals surface area contributed by atoms with E-state index in [0.717, 1.165) is 0 Å². The summed E-state index contributed by atoms with van der Waals surface area (Å²) in [5, 5.41) is 24.9. The van der Waals surface area contributed by atoms with Gasteiger partial charge in [0.25, 0.3) is 11.5 Å². The van der Waals surface area contributed by atoms with Gasteiger partial charge in [0.15, 0.2) is 11.2 Å². The molecule has 1 unspecified atom stereocenters. The highest BCUT2D eigenvalue weighted by molar-refractivity contribution is 6.02. The highest BCUT2D eigenvalue weighted by Crippen LogP contribution is 2.15. The van der Waals surface area contributed by atoms with E-state index in [1.807, 2.05) is 0 Å². The summed E-state index contributed by atoms with van der Waals surface area (Å²) in [7, 11) is 0. The van der Waals surface area contributed by atoms with Gasteiger partial charge in [-0.05, 0) is 37.1 Å². The summed E-state index contributed by atoms with van der Waals surface area (Å²) in [5.74, 6) is -4.32. The Balaban J connectivity index is 1.70. The van der Waals surface area contributed by atoms with Crippen molar-refractivity contribution in [2.75, 3.05) is 11.1 Å². The average molecular weight is 467 g/mol. The molecule has 0 radical (unpaired) electrons. The molecule has 3 aromatic rings. The van der Waals surface area contributed by atoms with Gasteiger partial charge in [0.05, 0.1) is 30.4 Å². The first-order valence-corrected chi connectivity index (χ1v) is 9.73. The number of aromatic nitrogens is 4. The van der Waals surface area contributed by atoms with Crippen LogP contribution in [0.3, 0.4) is 0 Å². The van der Waals surface area contributed by atoms with Crippen LogP contribution in [-0.4, -0.2) is 55.1 Å². The number of carboxylic acids is 2. The summed E-state index contributed by atoms with van der Waals surface area (Å²) < 4.78 is 0. The third-order valence-electron chi connectivity index (χ3n) is 4.67. The highest BCUT2D eigenvalue weighted by Gasteiger charge is 2.25. The van der Waals surface area contributed by atoms with Crippen molar-refractivity contribution in [2.24, 2.45) is 0 Å². The molecule has 0 aliphatic heterocycles. The minimum absolute atomic E-state index is 0.00676. The van der Waals surface area contributed by atoms with E-state index >= 15 is 0 Å². The number of aromatic amines is 1. The number of hydrogen-bond donors (Lipinski definition) is 3. The second-order valence-electron chi connectivity index (χ2n) is 6.98. The number of nitrogens with two attached hydrogens (primary N) is 1. The Labute approximate surface area is 190 Å². The van der Waals surface area contributed by atoms with E-state index in [4.69, 9.17) is 5.73 Å². The molecule has 176 valence electrons. The van der Waals surface area contributed by atoms with Gasteiger partial charge in [-0.1, -0.05) is 0 Å². The SMILES string of the molecule is Nc1nc2ncc(CNc3ccc(C(=O)N(C=O)C(CCC(=O)[O-])C(=O)[O-])cc3)nc2c(=O)[nH]1. The van der Waals surface area contributed by atoms with Crippen molar-refractivity contribution in [3.63, 3.8) is 0 Å². The predicted octanol–water partition coefficient (Wildman–Crippen LogP) is -2.85. The van der Waals surface area contributed by atoms with Gasteiger partial charge in [0, 0.05) is 17.2 Å². The normalized spacial score (nSPS) is 11.5. The Bertz CT molecular complexity index is 1310. The number of carbonyl (C=O) groups excluding carboxylic acids is 4. The maximum absolute atomic E-state index is 12.6. The lowest BCUT2D eigenvalue weighted by molar-refractivity contribution is -0.312. The van der Waals surface area contributed by atoms with Crippen molar-refractivity contribution in [3.05, 3.63) is 52.1 Å². The fraction of sp³-hybridized carbons (Fsp3) is 0.200. The summed E-state index contributed by atoms with van der Waals surface area (Å²) in [6, 6.07) is 3.91. The molecule has 0 bridgehead atoms. The number of rotatable bonds is 10. The van der Waals surface area contributed by atoms with Crippen molar-refractivity contribution in [1.29, 1.82) is 0 Å². The van der Waals surface area contributed by atoms with Crippen molar-refractivity contribution in [3.8, 4) is 0 Å². The number of nitrogen functional groups attached to an aromatic ring is 1. The van der Waals surface area contributed by atoms with Crippen LogP contribution in [0.15, 0.2) is 35.3 Å². The van der Waals surface area contributed by atoms with Gasteiger partial charge < -0.3 is 30.9 Å². The minimum Gasteiger partial charge on any atom is -0.550 e. The van der Waals surface area contributed by atoms with E-state index in [1.54, 1.807) is 0 Å². The zero-order valence-electron chi connectivity index (χ0n) is 17.4. The van der Waals surface area contributed by atoms with Gasteiger partial charge in [-0.25, -0.2) is 9.97 Å². The fourth-order valence-electron chi connectivity index (χ4n) is 3.02. The number of anilines is 2. The third-order valence-corrected chi connectivity index (χ3v) is 4.67. The van der Waals surface area contributed by atoms with Gasteiger partial charge in [0.1, 0.15) is 0 Å². The maximum Gasteiger partial charge on any atom is 0.280 e. The molecular formula is C20H17N7O7-2. The van der Waals surface area contributed by atoms with E-state index in [9.17, 15) is 34.2 Å². The van der Waals surface area contributed by atoms with Crippen molar-refractivity contribution in [2.45, 2.75) is 25.4 Å². The molecule has 2 aromatic heterocycles. The number of nitrogens with one attached hydrogen (secondary N) is 2. The number of hydrogen-bond acceptors (Lipinski definition) is 12. The Hall–Kier alpha value is -4.88. The molecule has 0 spiro atoms. The summed E-state index contributed by atoms with van der Waals surface area (Å²) in [4.78, 5) is 72.6. The first-order valence-electron chi connectivity index (χ1n) is 9.73. The van der Waals surface area contributed by atoms with Crippen LogP contribution in [0.1, 0.15) is 28.9 Å². The molecular weight excluding hydrogens is 450 g/mol. The number of carboxylic acid groups (broad SMARTS) is 2. The molecule has 0 fully saturated rings. The number of benzene rings is 1. The first kappa shape index (κ1) is 23.8. The minimum atomic E-state index is -1.77. The molecule has 4 N–H and O–H groups in total. The zero-order valence-corrected chi connectivity index (χ0v) is 17.4. The fourth-order valence-corrected chi connectivity index (χ4v) is 3.02. The van der Waals surface area contributed by atoms with Crippen molar-refractivity contribution >= 4 is 47.1 Å². The van der Waals surface area contributed by atoms with Gasteiger partial charge in [-0.3, -0.25) is 24.3 Å². The molecule has 0 aliphatic carbocycles. The number of nitrogens with zero attached hydrogens (tertiary/aromatic N) is 4. The van der Waals surface area contributed by atoms with Crippen molar-refractivity contribution in [1.82, 2.24) is 24.8 Å². The van der Waals surface area contributed by atoms with Crippen LogP contribution in [-0.2, 0) is 20.9 Å². The molecule has 1 atom stereocenters. The standard InChI is InChI=1S/C20H19N7O7/c21-20-25-16-15(17(31)26-20)24-12(8-23-16)7-22-11-3-1-10(2-4-11)18(32)27(9-28)13(19(33)34)5-6-14(29)30/h1-4,8-9,13,22H,5-7H2,(H,29,30)(H,33,34)(H3,21,23,25,26,31)/p-2. The number of aliphatic carboxylic acids is 2. The zero-order chi connectivity index (χ0) is 24.8. The number of H-pyrrole nitrogens is 1. The van der Waals surface area contributed by atoms with E-state index in [-0.39, 0.29) is 35.6 Å². The van der Waals surface area contributed by atoms with Crippen LogP contribution in [0.25, 0.3) is 11.2 Å².